The number of aliphatic hydroxyl groups excluding tert-OH is 1. The van der Waals surface area contributed by atoms with E-state index >= 15 is 0 Å². The number of carbonyl (C=O) groups excluding carboxylic acids is 1. The average molecular weight is 467 g/mol. The minimum absolute atomic E-state index is 0.0401. The molecular weight excluding hydrogens is 445 g/mol. The summed E-state index contributed by atoms with van der Waals surface area (Å²) in [5, 5.41) is 12.7. The van der Waals surface area contributed by atoms with E-state index in [1.807, 2.05) is 24.3 Å². The van der Waals surface area contributed by atoms with Gasteiger partial charge in [-0.05, 0) is 46.9 Å². The zero-order valence-electron chi connectivity index (χ0n) is 14.4. The van der Waals surface area contributed by atoms with Gasteiger partial charge in [0, 0.05) is 60.3 Å². The highest BCUT2D eigenvalue weighted by molar-refractivity contribution is 14.1. The van der Waals surface area contributed by atoms with E-state index in [0.29, 0.717) is 0 Å². The number of aromatic nitrogens is 2. The van der Waals surface area contributed by atoms with Crippen LogP contribution in [0.3, 0.4) is 0 Å². The molecule has 1 fully saturated rings. The maximum absolute atomic E-state index is 12.3. The summed E-state index contributed by atoms with van der Waals surface area (Å²) in [4.78, 5) is 25.2. The van der Waals surface area contributed by atoms with Crippen molar-refractivity contribution in [3.05, 3.63) is 46.3 Å². The molecule has 2 aromatic rings. The van der Waals surface area contributed by atoms with Crippen LogP contribution in [0.2, 0.25) is 0 Å². The topological polar surface area (TPSA) is 81.6 Å². The number of amides is 1. The largest absolute Gasteiger partial charge is 0.395 e. The molecule has 0 unspecified atom stereocenters. The fourth-order valence-corrected chi connectivity index (χ4v) is 3.59. The number of aliphatic hydroxyl groups is 1. The van der Waals surface area contributed by atoms with Crippen molar-refractivity contribution in [1.29, 1.82) is 0 Å². The minimum Gasteiger partial charge on any atom is -0.395 e. The van der Waals surface area contributed by atoms with Gasteiger partial charge in [-0.1, -0.05) is 6.07 Å². The first-order valence-corrected chi connectivity index (χ1v) is 9.66. The second-order valence-electron chi connectivity index (χ2n) is 6.17. The number of anilines is 2. The fourth-order valence-electron chi connectivity index (χ4n) is 3.04. The number of rotatable bonds is 6. The first-order valence-electron chi connectivity index (χ1n) is 8.58. The molecule has 1 aliphatic heterocycles. The van der Waals surface area contributed by atoms with Gasteiger partial charge in [-0.15, -0.1) is 0 Å². The van der Waals surface area contributed by atoms with Gasteiger partial charge in [-0.2, -0.15) is 0 Å². The van der Waals surface area contributed by atoms with Gasteiger partial charge in [0.25, 0.3) is 0 Å². The molecule has 8 heteroatoms. The molecule has 0 aliphatic carbocycles. The van der Waals surface area contributed by atoms with Gasteiger partial charge >= 0.3 is 0 Å². The number of piperazine rings is 1. The molecule has 138 valence electrons. The van der Waals surface area contributed by atoms with Gasteiger partial charge in [-0.3, -0.25) is 9.69 Å². The molecule has 1 aromatic carbocycles. The van der Waals surface area contributed by atoms with Crippen LogP contribution in [0, 0.1) is 3.57 Å². The van der Waals surface area contributed by atoms with Crippen molar-refractivity contribution in [2.24, 2.45) is 0 Å². The highest BCUT2D eigenvalue weighted by Gasteiger charge is 2.26. The van der Waals surface area contributed by atoms with E-state index in [9.17, 15) is 9.90 Å². The zero-order chi connectivity index (χ0) is 18.4. The SMILES string of the molecule is O=C(C[C@H](CO)N1CCN(c2ncccn2)CC1)Nc1cccc(I)c1. The van der Waals surface area contributed by atoms with Crippen molar-refractivity contribution in [2.75, 3.05) is 43.0 Å². The monoisotopic (exact) mass is 467 g/mol. The van der Waals surface area contributed by atoms with Crippen molar-refractivity contribution >= 4 is 40.1 Å². The lowest BCUT2D eigenvalue weighted by Gasteiger charge is -2.38. The quantitative estimate of drug-likeness (QED) is 0.629. The third-order valence-corrected chi connectivity index (χ3v) is 5.08. The summed E-state index contributed by atoms with van der Waals surface area (Å²) in [6, 6.07) is 9.29. The Kier molecular flexibility index (Phi) is 6.75. The molecular formula is C18H22IN5O2. The molecule has 7 nitrogen and oxygen atoms in total. The number of nitrogens with one attached hydrogen (secondary N) is 1. The Morgan fingerprint density at radius 3 is 2.58 bits per heavy atom. The van der Waals surface area contributed by atoms with Crippen LogP contribution in [-0.2, 0) is 4.79 Å². The third kappa shape index (κ3) is 5.12. The summed E-state index contributed by atoms with van der Waals surface area (Å²) in [5.74, 6) is 0.643. The second kappa shape index (κ2) is 9.24. The molecule has 0 radical (unpaired) electrons. The van der Waals surface area contributed by atoms with Gasteiger partial charge in [0.15, 0.2) is 0 Å². The van der Waals surface area contributed by atoms with E-state index in [2.05, 4.69) is 47.7 Å². The Morgan fingerprint density at radius 2 is 1.92 bits per heavy atom. The van der Waals surface area contributed by atoms with E-state index in [1.54, 1.807) is 18.5 Å². The van der Waals surface area contributed by atoms with E-state index in [1.165, 1.54) is 0 Å². The number of carbonyl (C=O) groups is 1. The lowest BCUT2D eigenvalue weighted by atomic mass is 10.1. The summed E-state index contributed by atoms with van der Waals surface area (Å²) in [5.41, 5.74) is 0.782. The summed E-state index contributed by atoms with van der Waals surface area (Å²) in [6.45, 7) is 3.04. The van der Waals surface area contributed by atoms with Crippen molar-refractivity contribution in [2.45, 2.75) is 12.5 Å². The normalized spacial score (nSPS) is 16.3. The molecule has 1 amide bonds. The minimum atomic E-state index is -0.184. The van der Waals surface area contributed by atoms with Gasteiger partial charge in [0.2, 0.25) is 11.9 Å². The molecule has 0 bridgehead atoms. The van der Waals surface area contributed by atoms with Crippen molar-refractivity contribution in [3.8, 4) is 0 Å². The molecule has 0 spiro atoms. The highest BCUT2D eigenvalue weighted by atomic mass is 127. The third-order valence-electron chi connectivity index (χ3n) is 4.41. The van der Waals surface area contributed by atoms with Crippen LogP contribution in [0.25, 0.3) is 0 Å². The van der Waals surface area contributed by atoms with Crippen LogP contribution in [0.1, 0.15) is 6.42 Å². The first-order chi connectivity index (χ1) is 12.7. The standard InChI is InChI=1S/C18H22IN5O2/c19-14-3-1-4-15(11-14)22-17(26)12-16(13-25)23-7-9-24(10-8-23)18-20-5-2-6-21-18/h1-6,11,16,25H,7-10,12-13H2,(H,22,26)/t16-/m1/s1. The molecule has 1 aliphatic rings. The Morgan fingerprint density at radius 1 is 1.19 bits per heavy atom. The average Bonchev–Trinajstić information content (AvgIpc) is 2.67. The van der Waals surface area contributed by atoms with E-state index in [0.717, 1.165) is 41.4 Å². The Bertz CT molecular complexity index is 723. The first kappa shape index (κ1) is 19.0. The molecule has 1 atom stereocenters. The molecule has 1 aromatic heterocycles. The van der Waals surface area contributed by atoms with Gasteiger partial charge < -0.3 is 15.3 Å². The van der Waals surface area contributed by atoms with E-state index in [4.69, 9.17) is 0 Å². The highest BCUT2D eigenvalue weighted by Crippen LogP contribution is 2.16. The van der Waals surface area contributed by atoms with Crippen LogP contribution < -0.4 is 10.2 Å². The maximum atomic E-state index is 12.3. The Hall–Kier alpha value is -1.78. The molecule has 26 heavy (non-hydrogen) atoms. The summed E-state index contributed by atoms with van der Waals surface area (Å²) in [7, 11) is 0. The lowest BCUT2D eigenvalue weighted by molar-refractivity contribution is -0.117. The van der Waals surface area contributed by atoms with Gasteiger partial charge in [0.05, 0.1) is 6.61 Å². The summed E-state index contributed by atoms with van der Waals surface area (Å²) >= 11 is 2.21. The number of hydrogen-bond acceptors (Lipinski definition) is 6. The van der Waals surface area contributed by atoms with Crippen LogP contribution >= 0.6 is 22.6 Å². The van der Waals surface area contributed by atoms with Gasteiger partial charge in [0.1, 0.15) is 0 Å². The molecule has 2 N–H and O–H groups in total. The van der Waals surface area contributed by atoms with Crippen molar-refractivity contribution in [1.82, 2.24) is 14.9 Å². The lowest BCUT2D eigenvalue weighted by Crippen LogP contribution is -2.52. The van der Waals surface area contributed by atoms with Crippen LogP contribution in [0.15, 0.2) is 42.7 Å². The molecule has 0 saturated carbocycles. The predicted molar refractivity (Wildman–Crippen MR) is 109 cm³/mol. The summed E-state index contributed by atoms with van der Waals surface area (Å²) in [6.07, 6.45) is 3.74. The second-order valence-corrected chi connectivity index (χ2v) is 7.42. The van der Waals surface area contributed by atoms with Gasteiger partial charge in [-0.25, -0.2) is 9.97 Å². The Labute approximate surface area is 166 Å². The van der Waals surface area contributed by atoms with Crippen LogP contribution in [0.4, 0.5) is 11.6 Å². The number of hydrogen-bond donors (Lipinski definition) is 2. The van der Waals surface area contributed by atoms with Crippen molar-refractivity contribution in [3.63, 3.8) is 0 Å². The maximum Gasteiger partial charge on any atom is 0.226 e. The number of benzene rings is 1. The molecule has 1 saturated heterocycles. The van der Waals surface area contributed by atoms with E-state index < -0.39 is 0 Å². The molecule has 3 rings (SSSR count). The molecule has 2 heterocycles. The zero-order valence-corrected chi connectivity index (χ0v) is 16.5. The van der Waals surface area contributed by atoms with Crippen LogP contribution in [-0.4, -0.2) is 64.7 Å². The Balaban J connectivity index is 1.52. The number of nitrogens with zero attached hydrogens (tertiary/aromatic N) is 4. The van der Waals surface area contributed by atoms with E-state index in [-0.39, 0.29) is 25.0 Å². The number of halogens is 1. The summed E-state index contributed by atoms with van der Waals surface area (Å²) < 4.78 is 1.07. The fraction of sp³-hybridized carbons (Fsp3) is 0.389. The smallest absolute Gasteiger partial charge is 0.226 e. The van der Waals surface area contributed by atoms with Crippen LogP contribution in [0.5, 0.6) is 0 Å². The van der Waals surface area contributed by atoms with Crippen molar-refractivity contribution < 1.29 is 9.90 Å². The predicted octanol–water partition coefficient (Wildman–Crippen LogP) is 1.59.